The van der Waals surface area contributed by atoms with E-state index in [0.29, 0.717) is 19.5 Å². The van der Waals surface area contributed by atoms with Gasteiger partial charge in [0.2, 0.25) is 11.8 Å². The molecule has 1 aliphatic heterocycles. The second kappa shape index (κ2) is 12.9. The average molecular weight is 448 g/mol. The van der Waals surface area contributed by atoms with E-state index >= 15 is 0 Å². The van der Waals surface area contributed by atoms with E-state index in [4.69, 9.17) is 0 Å². The van der Waals surface area contributed by atoms with Gasteiger partial charge in [-0.1, -0.05) is 65.5 Å². The summed E-state index contributed by atoms with van der Waals surface area (Å²) in [5, 5.41) is 0. The molecule has 1 aromatic rings. The maximum absolute atomic E-state index is 13.3. The van der Waals surface area contributed by atoms with Gasteiger partial charge in [0.05, 0.1) is 0 Å². The van der Waals surface area contributed by atoms with E-state index in [1.807, 2.05) is 30.6 Å². The minimum atomic E-state index is -0.470. The van der Waals surface area contributed by atoms with Gasteiger partial charge in [0.1, 0.15) is 5.82 Å². The van der Waals surface area contributed by atoms with Crippen molar-refractivity contribution in [3.63, 3.8) is 0 Å². The molecule has 180 valence electrons. The first-order valence-electron chi connectivity index (χ1n) is 12.2. The average Bonchev–Trinajstić information content (AvgIpc) is 2.77. The van der Waals surface area contributed by atoms with Crippen LogP contribution < -0.4 is 0 Å². The Bertz CT molecular complexity index is 707. The summed E-state index contributed by atoms with van der Waals surface area (Å²) in [6, 6.07) is 6.36. The van der Waals surface area contributed by atoms with E-state index in [1.54, 1.807) is 12.1 Å². The van der Waals surface area contributed by atoms with Crippen LogP contribution in [-0.2, 0) is 16.1 Å². The fourth-order valence-corrected chi connectivity index (χ4v) is 4.06. The third-order valence-electron chi connectivity index (χ3n) is 6.12. The third-order valence-corrected chi connectivity index (χ3v) is 6.12. The molecule has 1 aromatic carbocycles. The van der Waals surface area contributed by atoms with Gasteiger partial charge in [-0.05, 0) is 24.1 Å². The first kappa shape index (κ1) is 26.3. The highest BCUT2D eigenvalue weighted by Gasteiger charge is 2.28. The molecule has 0 aromatic heterocycles. The van der Waals surface area contributed by atoms with E-state index in [1.165, 1.54) is 31.4 Å². The molecule has 1 aliphatic rings. The SMILES string of the molecule is CCCCCCCC(=O)N1CCN(CCN(Cc2ccc(F)cc2)C(=O)C(C)(C)C)CC1. The zero-order valence-electron chi connectivity index (χ0n) is 20.5. The van der Waals surface area contributed by atoms with Crippen molar-refractivity contribution < 1.29 is 14.0 Å². The minimum Gasteiger partial charge on any atom is -0.340 e. The Labute approximate surface area is 193 Å². The molecular weight excluding hydrogens is 405 g/mol. The Balaban J connectivity index is 1.81. The molecule has 6 heteroatoms. The maximum atomic E-state index is 13.3. The normalized spacial score (nSPS) is 15.1. The Morgan fingerprint density at radius 2 is 1.59 bits per heavy atom. The van der Waals surface area contributed by atoms with Crippen molar-refractivity contribution in [1.82, 2.24) is 14.7 Å². The van der Waals surface area contributed by atoms with Crippen LogP contribution in [0.5, 0.6) is 0 Å². The number of carbonyl (C=O) groups is 2. The molecule has 0 atom stereocenters. The Morgan fingerprint density at radius 1 is 0.969 bits per heavy atom. The van der Waals surface area contributed by atoms with Crippen LogP contribution in [0.3, 0.4) is 0 Å². The maximum Gasteiger partial charge on any atom is 0.228 e. The van der Waals surface area contributed by atoms with Crippen molar-refractivity contribution in [2.24, 2.45) is 5.41 Å². The summed E-state index contributed by atoms with van der Waals surface area (Å²) in [5.74, 6) is 0.108. The van der Waals surface area contributed by atoms with E-state index in [0.717, 1.165) is 51.1 Å². The lowest BCUT2D eigenvalue weighted by atomic mass is 9.94. The van der Waals surface area contributed by atoms with Gasteiger partial charge < -0.3 is 9.80 Å². The standard InChI is InChI=1S/C26H42FN3O2/c1-5-6-7-8-9-10-24(31)29-18-15-28(16-19-29)17-20-30(25(32)26(2,3)4)21-22-11-13-23(27)14-12-22/h11-14H,5-10,15-21H2,1-4H3. The second-order valence-corrected chi connectivity index (χ2v) is 9.99. The molecule has 0 radical (unpaired) electrons. The summed E-state index contributed by atoms with van der Waals surface area (Å²) < 4.78 is 13.3. The van der Waals surface area contributed by atoms with Gasteiger partial charge in [-0.2, -0.15) is 0 Å². The van der Waals surface area contributed by atoms with Crippen molar-refractivity contribution in [2.75, 3.05) is 39.3 Å². The zero-order chi connectivity index (χ0) is 23.6. The van der Waals surface area contributed by atoms with Crippen LogP contribution >= 0.6 is 0 Å². The number of hydrogen-bond acceptors (Lipinski definition) is 3. The van der Waals surface area contributed by atoms with Crippen LogP contribution in [0, 0.1) is 11.2 Å². The van der Waals surface area contributed by atoms with Crippen molar-refractivity contribution in [3.05, 3.63) is 35.6 Å². The first-order chi connectivity index (χ1) is 15.2. The van der Waals surface area contributed by atoms with E-state index in [2.05, 4.69) is 11.8 Å². The highest BCUT2D eigenvalue weighted by molar-refractivity contribution is 5.81. The lowest BCUT2D eigenvalue weighted by Gasteiger charge is -2.37. The number of halogens is 1. The quantitative estimate of drug-likeness (QED) is 0.462. The largest absolute Gasteiger partial charge is 0.340 e. The van der Waals surface area contributed by atoms with Gasteiger partial charge in [-0.25, -0.2) is 4.39 Å². The number of nitrogens with zero attached hydrogens (tertiary/aromatic N) is 3. The van der Waals surface area contributed by atoms with Crippen molar-refractivity contribution in [2.45, 2.75) is 72.8 Å². The molecule has 0 unspecified atom stereocenters. The topological polar surface area (TPSA) is 43.9 Å². The number of amides is 2. The number of benzene rings is 1. The number of rotatable bonds is 11. The molecule has 0 aliphatic carbocycles. The highest BCUT2D eigenvalue weighted by atomic mass is 19.1. The van der Waals surface area contributed by atoms with Crippen LogP contribution in [0.15, 0.2) is 24.3 Å². The van der Waals surface area contributed by atoms with Crippen LogP contribution in [0.1, 0.15) is 71.8 Å². The van der Waals surface area contributed by atoms with Gasteiger partial charge >= 0.3 is 0 Å². The summed E-state index contributed by atoms with van der Waals surface area (Å²) in [6.07, 6.45) is 6.49. The fourth-order valence-electron chi connectivity index (χ4n) is 4.06. The van der Waals surface area contributed by atoms with E-state index in [-0.39, 0.29) is 17.6 Å². The lowest BCUT2D eigenvalue weighted by Crippen LogP contribution is -2.51. The monoisotopic (exact) mass is 447 g/mol. The third kappa shape index (κ3) is 8.89. The van der Waals surface area contributed by atoms with Gasteiger partial charge in [0.25, 0.3) is 0 Å². The van der Waals surface area contributed by atoms with Crippen molar-refractivity contribution >= 4 is 11.8 Å². The summed E-state index contributed by atoms with van der Waals surface area (Å²) in [7, 11) is 0. The predicted molar refractivity (Wildman–Crippen MR) is 128 cm³/mol. The van der Waals surface area contributed by atoms with Gasteiger partial charge in [0, 0.05) is 57.6 Å². The second-order valence-electron chi connectivity index (χ2n) is 9.99. The molecule has 0 N–H and O–H groups in total. The fraction of sp³-hybridized carbons (Fsp3) is 0.692. The van der Waals surface area contributed by atoms with Gasteiger partial charge in [-0.15, -0.1) is 0 Å². The summed E-state index contributed by atoms with van der Waals surface area (Å²) in [5.41, 5.74) is 0.459. The zero-order valence-corrected chi connectivity index (χ0v) is 20.5. The highest BCUT2D eigenvalue weighted by Crippen LogP contribution is 2.20. The Kier molecular flexibility index (Phi) is 10.6. The molecular formula is C26H42FN3O2. The Morgan fingerprint density at radius 3 is 2.19 bits per heavy atom. The van der Waals surface area contributed by atoms with Crippen LogP contribution in [0.4, 0.5) is 4.39 Å². The molecule has 2 rings (SSSR count). The predicted octanol–water partition coefficient (Wildman–Crippen LogP) is 4.71. The first-order valence-corrected chi connectivity index (χ1v) is 12.2. The minimum absolute atomic E-state index is 0.0960. The molecule has 32 heavy (non-hydrogen) atoms. The molecule has 1 fully saturated rings. The number of unbranched alkanes of at least 4 members (excludes halogenated alkanes) is 4. The summed E-state index contributed by atoms with van der Waals surface area (Å²) >= 11 is 0. The smallest absolute Gasteiger partial charge is 0.228 e. The molecule has 0 spiro atoms. The number of piperazine rings is 1. The summed E-state index contributed by atoms with van der Waals surface area (Å²) in [6.45, 7) is 13.1. The van der Waals surface area contributed by atoms with Gasteiger partial charge in [0.15, 0.2) is 0 Å². The van der Waals surface area contributed by atoms with Gasteiger partial charge in [-0.3, -0.25) is 14.5 Å². The molecule has 1 heterocycles. The molecule has 2 amide bonds. The van der Waals surface area contributed by atoms with Crippen LogP contribution in [-0.4, -0.2) is 65.8 Å². The lowest BCUT2D eigenvalue weighted by molar-refractivity contribution is -0.140. The summed E-state index contributed by atoms with van der Waals surface area (Å²) in [4.78, 5) is 31.7. The van der Waals surface area contributed by atoms with Crippen LogP contribution in [0.2, 0.25) is 0 Å². The number of hydrogen-bond donors (Lipinski definition) is 0. The van der Waals surface area contributed by atoms with E-state index < -0.39 is 5.41 Å². The van der Waals surface area contributed by atoms with Crippen molar-refractivity contribution in [1.29, 1.82) is 0 Å². The molecule has 0 bridgehead atoms. The number of carbonyl (C=O) groups excluding carboxylic acids is 2. The van der Waals surface area contributed by atoms with Crippen molar-refractivity contribution in [3.8, 4) is 0 Å². The molecule has 5 nitrogen and oxygen atoms in total. The molecule has 0 saturated carbocycles. The van der Waals surface area contributed by atoms with E-state index in [9.17, 15) is 14.0 Å². The van der Waals surface area contributed by atoms with Crippen LogP contribution in [0.25, 0.3) is 0 Å². The molecule has 1 saturated heterocycles. The Hall–Kier alpha value is -1.95.